The Morgan fingerprint density at radius 2 is 0.933 bits per heavy atom. The topological polar surface area (TPSA) is 13.1 Å². The molecule has 0 spiro atoms. The first-order valence-electron chi connectivity index (χ1n) is 15.5. The van der Waals surface area contributed by atoms with Crippen LogP contribution in [0.3, 0.4) is 0 Å². The van der Waals surface area contributed by atoms with E-state index in [1.165, 1.54) is 87.2 Å². The van der Waals surface area contributed by atoms with Crippen molar-refractivity contribution < 1.29 is 4.42 Å². The van der Waals surface area contributed by atoms with Gasteiger partial charge in [0, 0.05) is 10.8 Å². The number of furan rings is 1. The van der Waals surface area contributed by atoms with E-state index in [-0.39, 0.29) is 0 Å². The maximum Gasteiger partial charge on any atom is 0.136 e. The zero-order valence-electron chi connectivity index (χ0n) is 24.4. The number of hydrogen-bond donors (Lipinski definition) is 0. The van der Waals surface area contributed by atoms with Crippen LogP contribution in [0.2, 0.25) is 0 Å². The van der Waals surface area contributed by atoms with Crippen LogP contribution in [0.5, 0.6) is 0 Å². The van der Waals surface area contributed by atoms with E-state index in [4.69, 9.17) is 4.42 Å². The zero-order valence-corrected chi connectivity index (χ0v) is 24.4. The minimum atomic E-state index is 0.940. The molecule has 0 aliphatic rings. The summed E-state index contributed by atoms with van der Waals surface area (Å²) in [6.07, 6.45) is 0. The molecule has 0 amide bonds. The maximum absolute atomic E-state index is 6.34. The molecule has 0 aliphatic carbocycles. The highest BCUT2D eigenvalue weighted by Crippen LogP contribution is 2.48. The van der Waals surface area contributed by atoms with E-state index in [1.807, 2.05) is 0 Å². The van der Waals surface area contributed by atoms with Crippen molar-refractivity contribution in [3.05, 3.63) is 158 Å². The normalized spacial score (nSPS) is 12.0. The third-order valence-electron chi connectivity index (χ3n) is 9.60. The Hall–Kier alpha value is -5.92. The molecule has 0 radical (unpaired) electrons. The van der Waals surface area contributed by atoms with E-state index in [9.17, 15) is 0 Å². The predicted molar refractivity (Wildman–Crippen MR) is 191 cm³/mol. The van der Waals surface area contributed by atoms with Crippen molar-refractivity contribution in [1.29, 1.82) is 0 Å². The summed E-state index contributed by atoms with van der Waals surface area (Å²) in [7, 11) is 0. The monoisotopic (exact) mass is 570 g/mol. The first-order chi connectivity index (χ1) is 22.3. The third kappa shape index (κ3) is 3.50. The van der Waals surface area contributed by atoms with Crippen molar-refractivity contribution in [2.24, 2.45) is 0 Å². The second kappa shape index (κ2) is 9.29. The molecular weight excluding hydrogens is 544 g/mol. The fourth-order valence-corrected chi connectivity index (χ4v) is 7.71. The van der Waals surface area contributed by atoms with Gasteiger partial charge in [0.25, 0.3) is 0 Å². The Balaban J connectivity index is 1.34. The van der Waals surface area contributed by atoms with Crippen molar-refractivity contribution in [3.8, 4) is 33.4 Å². The van der Waals surface area contributed by atoms with E-state index < -0.39 is 0 Å². The second-order valence-electron chi connectivity index (χ2n) is 12.0. The average Bonchev–Trinajstić information content (AvgIpc) is 3.49. The summed E-state index contributed by atoms with van der Waals surface area (Å²) < 4.78 is 6.34. The van der Waals surface area contributed by atoms with Gasteiger partial charge in [0.1, 0.15) is 11.2 Å². The van der Waals surface area contributed by atoms with Gasteiger partial charge in [0.2, 0.25) is 0 Å². The summed E-state index contributed by atoms with van der Waals surface area (Å²) in [5.74, 6) is 0. The second-order valence-corrected chi connectivity index (χ2v) is 12.0. The van der Waals surface area contributed by atoms with Crippen LogP contribution in [-0.4, -0.2) is 0 Å². The van der Waals surface area contributed by atoms with Crippen LogP contribution < -0.4 is 0 Å². The van der Waals surface area contributed by atoms with Crippen LogP contribution in [0.1, 0.15) is 0 Å². The Labute approximate surface area is 259 Å². The van der Waals surface area contributed by atoms with Crippen LogP contribution >= 0.6 is 0 Å². The van der Waals surface area contributed by atoms with Crippen molar-refractivity contribution in [2.75, 3.05) is 0 Å². The van der Waals surface area contributed by atoms with Crippen molar-refractivity contribution in [3.63, 3.8) is 0 Å². The molecule has 9 aromatic carbocycles. The van der Waals surface area contributed by atoms with Crippen LogP contribution in [0.4, 0.5) is 0 Å². The largest absolute Gasteiger partial charge is 0.456 e. The van der Waals surface area contributed by atoms with Gasteiger partial charge in [-0.3, -0.25) is 0 Å². The molecule has 1 aromatic heterocycles. The average molecular weight is 571 g/mol. The minimum absolute atomic E-state index is 0.940. The van der Waals surface area contributed by atoms with Gasteiger partial charge in [0.05, 0.1) is 0 Å². The van der Waals surface area contributed by atoms with Crippen LogP contribution in [-0.2, 0) is 0 Å². The van der Waals surface area contributed by atoms with Crippen molar-refractivity contribution >= 4 is 65.0 Å². The summed E-state index contributed by atoms with van der Waals surface area (Å²) in [6, 6.07) is 57.4. The minimum Gasteiger partial charge on any atom is -0.456 e. The van der Waals surface area contributed by atoms with E-state index in [0.717, 1.165) is 11.2 Å². The van der Waals surface area contributed by atoms with Crippen molar-refractivity contribution in [1.82, 2.24) is 0 Å². The summed E-state index contributed by atoms with van der Waals surface area (Å²) >= 11 is 0. The first kappa shape index (κ1) is 24.5. The molecule has 0 saturated carbocycles. The van der Waals surface area contributed by atoms with Gasteiger partial charge in [-0.05, 0) is 107 Å². The molecule has 0 N–H and O–H groups in total. The number of benzene rings is 9. The molecule has 0 atom stereocenters. The molecule has 208 valence electrons. The lowest BCUT2D eigenvalue weighted by Crippen LogP contribution is -1.92. The van der Waals surface area contributed by atoms with Crippen LogP contribution in [0.25, 0.3) is 98.4 Å². The number of hydrogen-bond acceptors (Lipinski definition) is 1. The molecule has 10 aromatic rings. The zero-order chi connectivity index (χ0) is 29.5. The quantitative estimate of drug-likeness (QED) is 0.152. The standard InChI is InChI=1S/C44H26O/c1-2-11-27(12-3-1)38-26-30(25-29-13-4-5-15-31(29)38)41-32-16-6-8-18-34(32)43(35-19-9-7-17-33(35)41)36-23-24-40-44-37(36)22-21-28-14-10-20-39(45-40)42(28)44/h1-26H. The number of rotatable bonds is 3. The Bertz CT molecular complexity index is 2690. The van der Waals surface area contributed by atoms with Crippen LogP contribution in [0, 0.1) is 0 Å². The van der Waals surface area contributed by atoms with E-state index >= 15 is 0 Å². The molecule has 0 bridgehead atoms. The first-order valence-corrected chi connectivity index (χ1v) is 15.5. The molecule has 1 heterocycles. The molecule has 0 unspecified atom stereocenters. The van der Waals surface area contributed by atoms with E-state index in [1.54, 1.807) is 0 Å². The van der Waals surface area contributed by atoms with Gasteiger partial charge >= 0.3 is 0 Å². The fourth-order valence-electron chi connectivity index (χ4n) is 7.71. The third-order valence-corrected chi connectivity index (χ3v) is 9.60. The summed E-state index contributed by atoms with van der Waals surface area (Å²) in [6.45, 7) is 0. The Morgan fingerprint density at radius 1 is 0.311 bits per heavy atom. The lowest BCUT2D eigenvalue weighted by molar-refractivity contribution is 0.669. The SMILES string of the molecule is c1ccc(-c2cc(-c3c4ccccc4c(-c4ccc5oc6cccc7ccc4c5c76)c4ccccc34)cc3ccccc23)cc1. The lowest BCUT2D eigenvalue weighted by Gasteiger charge is -2.20. The summed E-state index contributed by atoms with van der Waals surface area (Å²) in [5.41, 5.74) is 9.37. The molecule has 45 heavy (non-hydrogen) atoms. The fraction of sp³-hybridized carbons (Fsp3) is 0. The van der Waals surface area contributed by atoms with Gasteiger partial charge in [-0.25, -0.2) is 0 Å². The Morgan fingerprint density at radius 3 is 1.69 bits per heavy atom. The highest BCUT2D eigenvalue weighted by Gasteiger charge is 2.21. The highest BCUT2D eigenvalue weighted by molar-refractivity contribution is 6.29. The van der Waals surface area contributed by atoms with Crippen molar-refractivity contribution in [2.45, 2.75) is 0 Å². The molecule has 1 nitrogen and oxygen atoms in total. The van der Waals surface area contributed by atoms with Gasteiger partial charge in [0.15, 0.2) is 0 Å². The highest BCUT2D eigenvalue weighted by atomic mass is 16.3. The molecular formula is C44H26O. The van der Waals surface area contributed by atoms with Gasteiger partial charge in [-0.1, -0.05) is 127 Å². The van der Waals surface area contributed by atoms with Crippen LogP contribution in [0.15, 0.2) is 162 Å². The lowest BCUT2D eigenvalue weighted by atomic mass is 9.83. The van der Waals surface area contributed by atoms with Gasteiger partial charge in [-0.2, -0.15) is 0 Å². The molecule has 0 fully saturated rings. The molecule has 1 heteroatoms. The molecule has 0 aliphatic heterocycles. The van der Waals surface area contributed by atoms with Gasteiger partial charge in [-0.15, -0.1) is 0 Å². The summed E-state index contributed by atoms with van der Waals surface area (Å²) in [4.78, 5) is 0. The Kier molecular flexibility index (Phi) is 5.06. The number of fused-ring (bicyclic) bond motifs is 3. The van der Waals surface area contributed by atoms with E-state index in [0.29, 0.717) is 0 Å². The predicted octanol–water partition coefficient (Wildman–Crippen LogP) is 12.6. The maximum atomic E-state index is 6.34. The smallest absolute Gasteiger partial charge is 0.136 e. The van der Waals surface area contributed by atoms with Gasteiger partial charge < -0.3 is 4.42 Å². The summed E-state index contributed by atoms with van der Waals surface area (Å²) in [5, 5.41) is 12.4. The molecule has 0 saturated heterocycles. The molecule has 10 rings (SSSR count). The van der Waals surface area contributed by atoms with E-state index in [2.05, 4.69) is 158 Å².